The highest BCUT2D eigenvalue weighted by Crippen LogP contribution is 2.23. The molecule has 0 unspecified atom stereocenters. The number of hydrogen-bond acceptors (Lipinski definition) is 4. The van der Waals surface area contributed by atoms with Crippen molar-refractivity contribution in [1.29, 1.82) is 0 Å². The number of imidazole rings is 1. The summed E-state index contributed by atoms with van der Waals surface area (Å²) in [5.41, 5.74) is 1.66. The summed E-state index contributed by atoms with van der Waals surface area (Å²) in [6.45, 7) is 0.168. The number of pyridine rings is 1. The maximum Gasteiger partial charge on any atom is 0.138 e. The van der Waals surface area contributed by atoms with E-state index in [-0.39, 0.29) is 13.2 Å². The standard InChI is InChI=1S/C11H14N2O2S/c14-6-3-7-16-11-9(8-15)13-5-2-1-4-10(13)12-11/h1-2,4-5,14-15H,3,6-8H2. The minimum atomic E-state index is -0.0212. The van der Waals surface area contributed by atoms with Gasteiger partial charge in [-0.3, -0.25) is 0 Å². The molecule has 0 atom stereocenters. The summed E-state index contributed by atoms with van der Waals surface area (Å²) >= 11 is 1.57. The second-order valence-electron chi connectivity index (χ2n) is 3.38. The van der Waals surface area contributed by atoms with Crippen LogP contribution in [-0.2, 0) is 6.61 Å². The van der Waals surface area contributed by atoms with E-state index >= 15 is 0 Å². The summed E-state index contributed by atoms with van der Waals surface area (Å²) in [6.07, 6.45) is 2.63. The molecule has 2 heterocycles. The summed E-state index contributed by atoms with van der Waals surface area (Å²) in [5, 5.41) is 18.9. The van der Waals surface area contributed by atoms with Crippen LogP contribution >= 0.6 is 11.8 Å². The van der Waals surface area contributed by atoms with Gasteiger partial charge in [-0.2, -0.15) is 0 Å². The molecule has 0 aromatic carbocycles. The second-order valence-corrected chi connectivity index (χ2v) is 4.46. The molecule has 0 fully saturated rings. The molecule has 0 aliphatic carbocycles. The molecule has 0 aliphatic heterocycles. The van der Waals surface area contributed by atoms with Crippen molar-refractivity contribution in [3.8, 4) is 0 Å². The zero-order valence-electron chi connectivity index (χ0n) is 8.83. The Morgan fingerprint density at radius 2 is 2.19 bits per heavy atom. The van der Waals surface area contributed by atoms with Crippen LogP contribution in [-0.4, -0.2) is 32.0 Å². The van der Waals surface area contributed by atoms with Gasteiger partial charge in [0.25, 0.3) is 0 Å². The predicted molar refractivity (Wildman–Crippen MR) is 63.5 cm³/mol. The normalized spacial score (nSPS) is 11.1. The van der Waals surface area contributed by atoms with Crippen LogP contribution in [0.3, 0.4) is 0 Å². The number of aliphatic hydroxyl groups is 2. The first-order valence-corrected chi connectivity index (χ1v) is 6.16. The Hall–Kier alpha value is -1.04. The summed E-state index contributed by atoms with van der Waals surface area (Å²) in [6, 6.07) is 5.75. The van der Waals surface area contributed by atoms with Crippen LogP contribution in [0.4, 0.5) is 0 Å². The first-order chi connectivity index (χ1) is 7.86. The van der Waals surface area contributed by atoms with Gasteiger partial charge in [-0.1, -0.05) is 6.07 Å². The topological polar surface area (TPSA) is 57.8 Å². The highest BCUT2D eigenvalue weighted by molar-refractivity contribution is 7.99. The van der Waals surface area contributed by atoms with Crippen molar-refractivity contribution in [1.82, 2.24) is 9.38 Å². The number of thioether (sulfide) groups is 1. The quantitative estimate of drug-likeness (QED) is 0.609. The Balaban J connectivity index is 2.29. The Morgan fingerprint density at radius 3 is 2.94 bits per heavy atom. The molecular weight excluding hydrogens is 224 g/mol. The molecule has 86 valence electrons. The highest BCUT2D eigenvalue weighted by Gasteiger charge is 2.10. The summed E-state index contributed by atoms with van der Waals surface area (Å²) < 4.78 is 1.89. The third-order valence-electron chi connectivity index (χ3n) is 2.28. The SMILES string of the molecule is OCCCSc1nc2ccccn2c1CO. The van der Waals surface area contributed by atoms with Crippen LogP contribution in [0.1, 0.15) is 12.1 Å². The number of hydrogen-bond donors (Lipinski definition) is 2. The highest BCUT2D eigenvalue weighted by atomic mass is 32.2. The Kier molecular flexibility index (Phi) is 3.82. The van der Waals surface area contributed by atoms with Gasteiger partial charge in [0.1, 0.15) is 10.7 Å². The fourth-order valence-corrected chi connectivity index (χ4v) is 2.47. The Morgan fingerprint density at radius 1 is 1.31 bits per heavy atom. The van der Waals surface area contributed by atoms with Crippen LogP contribution in [0.2, 0.25) is 0 Å². The van der Waals surface area contributed by atoms with E-state index in [9.17, 15) is 5.11 Å². The van der Waals surface area contributed by atoms with Crippen molar-refractivity contribution in [3.63, 3.8) is 0 Å². The molecule has 16 heavy (non-hydrogen) atoms. The third-order valence-corrected chi connectivity index (χ3v) is 3.38. The maximum absolute atomic E-state index is 9.34. The summed E-state index contributed by atoms with van der Waals surface area (Å²) in [7, 11) is 0. The first kappa shape index (κ1) is 11.4. The van der Waals surface area contributed by atoms with E-state index in [1.165, 1.54) is 0 Å². The van der Waals surface area contributed by atoms with Crippen LogP contribution in [0.15, 0.2) is 29.4 Å². The van der Waals surface area contributed by atoms with Crippen LogP contribution < -0.4 is 0 Å². The van der Waals surface area contributed by atoms with E-state index in [0.717, 1.165) is 28.5 Å². The number of rotatable bonds is 5. The van der Waals surface area contributed by atoms with Crippen molar-refractivity contribution in [2.45, 2.75) is 18.1 Å². The van der Waals surface area contributed by atoms with Crippen LogP contribution in [0, 0.1) is 0 Å². The number of aromatic nitrogens is 2. The summed E-state index contributed by atoms with van der Waals surface area (Å²) in [5.74, 6) is 0.813. The molecule has 5 heteroatoms. The van der Waals surface area contributed by atoms with Crippen molar-refractivity contribution < 1.29 is 10.2 Å². The van der Waals surface area contributed by atoms with E-state index in [1.54, 1.807) is 11.8 Å². The molecule has 2 aromatic heterocycles. The molecule has 2 N–H and O–H groups in total. The van der Waals surface area contributed by atoms with E-state index in [1.807, 2.05) is 28.8 Å². The molecule has 0 aliphatic rings. The van der Waals surface area contributed by atoms with Crippen LogP contribution in [0.5, 0.6) is 0 Å². The van der Waals surface area contributed by atoms with Crippen molar-refractivity contribution >= 4 is 17.4 Å². The lowest BCUT2D eigenvalue weighted by Crippen LogP contribution is -1.93. The van der Waals surface area contributed by atoms with E-state index in [0.29, 0.717) is 0 Å². The lowest BCUT2D eigenvalue weighted by molar-refractivity contribution is 0.272. The van der Waals surface area contributed by atoms with Gasteiger partial charge in [0.2, 0.25) is 0 Å². The van der Waals surface area contributed by atoms with Crippen molar-refractivity contribution in [2.24, 2.45) is 0 Å². The maximum atomic E-state index is 9.34. The first-order valence-electron chi connectivity index (χ1n) is 5.17. The molecule has 4 nitrogen and oxygen atoms in total. The molecule has 0 saturated heterocycles. The largest absolute Gasteiger partial charge is 0.396 e. The minimum Gasteiger partial charge on any atom is -0.396 e. The second kappa shape index (κ2) is 5.34. The van der Waals surface area contributed by atoms with Gasteiger partial charge in [-0.15, -0.1) is 11.8 Å². The van der Waals surface area contributed by atoms with Gasteiger partial charge in [-0.25, -0.2) is 4.98 Å². The van der Waals surface area contributed by atoms with Gasteiger partial charge in [0, 0.05) is 18.6 Å². The molecule has 2 aromatic rings. The summed E-state index contributed by atoms with van der Waals surface area (Å²) in [4.78, 5) is 4.44. The fourth-order valence-electron chi connectivity index (χ4n) is 1.52. The fraction of sp³-hybridized carbons (Fsp3) is 0.364. The van der Waals surface area contributed by atoms with Gasteiger partial charge in [-0.05, 0) is 18.6 Å². The van der Waals surface area contributed by atoms with E-state index in [4.69, 9.17) is 5.11 Å². The lowest BCUT2D eigenvalue weighted by Gasteiger charge is -2.00. The van der Waals surface area contributed by atoms with E-state index in [2.05, 4.69) is 4.98 Å². The third kappa shape index (κ3) is 2.21. The number of nitrogens with zero attached hydrogens (tertiary/aromatic N) is 2. The molecule has 0 amide bonds. The zero-order valence-corrected chi connectivity index (χ0v) is 9.65. The Bertz CT molecular complexity index is 470. The van der Waals surface area contributed by atoms with Crippen molar-refractivity contribution in [2.75, 3.05) is 12.4 Å². The number of aliphatic hydroxyl groups excluding tert-OH is 2. The van der Waals surface area contributed by atoms with Gasteiger partial charge in [0.05, 0.1) is 12.3 Å². The van der Waals surface area contributed by atoms with Crippen molar-refractivity contribution in [3.05, 3.63) is 30.1 Å². The predicted octanol–water partition coefficient (Wildman–Crippen LogP) is 1.30. The zero-order chi connectivity index (χ0) is 11.4. The molecule has 0 bridgehead atoms. The lowest BCUT2D eigenvalue weighted by atomic mass is 10.4. The molecule has 2 rings (SSSR count). The minimum absolute atomic E-state index is 0.0212. The average Bonchev–Trinajstić information content (AvgIpc) is 2.67. The molecule has 0 saturated carbocycles. The molecule has 0 radical (unpaired) electrons. The Labute approximate surface area is 97.9 Å². The smallest absolute Gasteiger partial charge is 0.138 e. The monoisotopic (exact) mass is 238 g/mol. The van der Waals surface area contributed by atoms with Crippen LogP contribution in [0.25, 0.3) is 5.65 Å². The van der Waals surface area contributed by atoms with Gasteiger partial charge >= 0.3 is 0 Å². The molecule has 0 spiro atoms. The average molecular weight is 238 g/mol. The number of fused-ring (bicyclic) bond motifs is 1. The van der Waals surface area contributed by atoms with Gasteiger partial charge in [0.15, 0.2) is 0 Å². The van der Waals surface area contributed by atoms with Gasteiger partial charge < -0.3 is 14.6 Å². The van der Waals surface area contributed by atoms with E-state index < -0.39 is 0 Å². The molecular formula is C11H14N2O2S.